The van der Waals surface area contributed by atoms with Gasteiger partial charge in [-0.2, -0.15) is 0 Å². The van der Waals surface area contributed by atoms with E-state index in [0.717, 1.165) is 0 Å². The fourth-order valence-electron chi connectivity index (χ4n) is 2.43. The number of benzene rings is 1. The van der Waals surface area contributed by atoms with Crippen molar-refractivity contribution in [1.82, 2.24) is 10.6 Å². The topological polar surface area (TPSA) is 84.5 Å². The molecule has 0 unspecified atom stereocenters. The number of carbonyl (C=O) groups is 3. The van der Waals surface area contributed by atoms with Crippen molar-refractivity contribution in [3.8, 4) is 12.3 Å². The Morgan fingerprint density at radius 3 is 2.58 bits per heavy atom. The van der Waals surface area contributed by atoms with E-state index in [-0.39, 0.29) is 6.42 Å². The molecule has 0 aliphatic heterocycles. The van der Waals surface area contributed by atoms with Crippen molar-refractivity contribution in [1.29, 1.82) is 0 Å². The molecule has 1 aromatic carbocycles. The summed E-state index contributed by atoms with van der Waals surface area (Å²) in [5.74, 6) is 0.461. The second-order valence-corrected chi connectivity index (χ2v) is 5.77. The van der Waals surface area contributed by atoms with Crippen LogP contribution in [0.3, 0.4) is 0 Å². The van der Waals surface area contributed by atoms with E-state index in [9.17, 15) is 18.8 Å². The van der Waals surface area contributed by atoms with Crippen molar-refractivity contribution in [3.63, 3.8) is 0 Å². The summed E-state index contributed by atoms with van der Waals surface area (Å²) >= 11 is 0. The number of esters is 1. The molecule has 0 aliphatic rings. The predicted molar refractivity (Wildman–Crippen MR) is 94.3 cm³/mol. The first-order valence-corrected chi connectivity index (χ1v) is 8.20. The van der Waals surface area contributed by atoms with Gasteiger partial charge in [-0.15, -0.1) is 12.3 Å². The Morgan fingerprint density at radius 1 is 1.27 bits per heavy atom. The molecule has 0 saturated carbocycles. The van der Waals surface area contributed by atoms with Crippen molar-refractivity contribution < 1.29 is 23.5 Å². The molecular weight excluding hydrogens is 339 g/mol. The molecule has 0 aliphatic carbocycles. The van der Waals surface area contributed by atoms with Crippen LogP contribution in [0.1, 0.15) is 31.7 Å². The van der Waals surface area contributed by atoms with E-state index in [1.54, 1.807) is 6.07 Å². The highest BCUT2D eigenvalue weighted by molar-refractivity contribution is 5.90. The first-order chi connectivity index (χ1) is 12.4. The lowest BCUT2D eigenvalue weighted by Gasteiger charge is -2.22. The number of halogens is 1. The highest BCUT2D eigenvalue weighted by Crippen LogP contribution is 2.08. The molecule has 0 bridgehead atoms. The first-order valence-electron chi connectivity index (χ1n) is 8.20. The van der Waals surface area contributed by atoms with Gasteiger partial charge < -0.3 is 15.4 Å². The minimum absolute atomic E-state index is 0.0847. The summed E-state index contributed by atoms with van der Waals surface area (Å²) in [6.07, 6.45) is 6.59. The van der Waals surface area contributed by atoms with Crippen LogP contribution in [-0.4, -0.2) is 37.0 Å². The number of terminal acetylenes is 1. The second kappa shape index (κ2) is 10.9. The summed E-state index contributed by atoms with van der Waals surface area (Å²) in [7, 11) is 1.22. The van der Waals surface area contributed by atoms with Crippen LogP contribution in [0.25, 0.3) is 0 Å². The minimum atomic E-state index is -0.950. The van der Waals surface area contributed by atoms with Crippen LogP contribution < -0.4 is 10.6 Å². The summed E-state index contributed by atoms with van der Waals surface area (Å²) < 4.78 is 18.0. The fourth-order valence-corrected chi connectivity index (χ4v) is 2.43. The fraction of sp³-hybridized carbons (Fsp3) is 0.421. The molecule has 2 amide bonds. The molecule has 2 N–H and O–H groups in total. The molecule has 1 rings (SSSR count). The van der Waals surface area contributed by atoms with Crippen molar-refractivity contribution in [3.05, 3.63) is 35.6 Å². The van der Waals surface area contributed by atoms with Crippen LogP contribution >= 0.6 is 0 Å². The lowest BCUT2D eigenvalue weighted by Crippen LogP contribution is -2.52. The Bertz CT molecular complexity index is 684. The van der Waals surface area contributed by atoms with Crippen molar-refractivity contribution in [2.75, 3.05) is 7.11 Å². The van der Waals surface area contributed by atoms with Crippen LogP contribution in [0.4, 0.5) is 4.39 Å². The summed E-state index contributed by atoms with van der Waals surface area (Å²) in [5.41, 5.74) is 0.542. The monoisotopic (exact) mass is 362 g/mol. The maximum atomic E-state index is 13.4. The molecule has 0 fully saturated rings. The average Bonchev–Trinajstić information content (AvgIpc) is 2.59. The van der Waals surface area contributed by atoms with E-state index < -0.39 is 35.7 Å². The van der Waals surface area contributed by atoms with Gasteiger partial charge in [0.05, 0.1) is 7.11 Å². The van der Waals surface area contributed by atoms with Crippen LogP contribution in [0.2, 0.25) is 0 Å². The zero-order valence-corrected chi connectivity index (χ0v) is 14.9. The predicted octanol–water partition coefficient (Wildman–Crippen LogP) is 1.33. The quantitative estimate of drug-likeness (QED) is 0.394. The number of amides is 2. The molecule has 1 aromatic rings. The van der Waals surface area contributed by atoms with E-state index in [4.69, 9.17) is 11.2 Å². The van der Waals surface area contributed by atoms with E-state index in [0.29, 0.717) is 24.8 Å². The molecule has 0 spiro atoms. The lowest BCUT2D eigenvalue weighted by atomic mass is 10.0. The summed E-state index contributed by atoms with van der Waals surface area (Å²) in [6, 6.07) is 3.92. The second-order valence-electron chi connectivity index (χ2n) is 5.77. The molecule has 140 valence electrons. The first kappa shape index (κ1) is 21.2. The number of rotatable bonds is 9. The van der Waals surface area contributed by atoms with Gasteiger partial charge in [-0.05, 0) is 30.5 Å². The van der Waals surface area contributed by atoms with Crippen molar-refractivity contribution in [2.24, 2.45) is 0 Å². The molecule has 0 radical (unpaired) electrons. The summed E-state index contributed by atoms with van der Waals surface area (Å²) in [4.78, 5) is 35.9. The third-order valence-electron chi connectivity index (χ3n) is 3.64. The third-order valence-corrected chi connectivity index (χ3v) is 3.64. The average molecular weight is 362 g/mol. The Balaban J connectivity index is 2.86. The number of unbranched alkanes of at least 4 members (excludes halogenated alkanes) is 1. The largest absolute Gasteiger partial charge is 0.467 e. The number of nitrogens with one attached hydrogen (secondary N) is 2. The van der Waals surface area contributed by atoms with Crippen LogP contribution in [0.5, 0.6) is 0 Å². The minimum Gasteiger partial charge on any atom is -0.467 e. The summed E-state index contributed by atoms with van der Waals surface area (Å²) in [5, 5.41) is 5.10. The molecule has 0 aromatic heterocycles. The maximum Gasteiger partial charge on any atom is 0.328 e. The standard InChI is InChI=1S/C19H23FN2O4/c1-4-5-6-10-16(19(25)26-3)22-18(24)17(21-13(2)23)12-14-8-7-9-15(20)11-14/h1,7-9,11,16-17H,5-6,10,12H2,2-3H3,(H,21,23)(H,22,24)/t16-,17-/m1/s1. The number of carbonyl (C=O) groups excluding carboxylic acids is 3. The SMILES string of the molecule is C#CCCC[C@@H](NC(=O)[C@@H](Cc1cccc(F)c1)NC(C)=O)C(=O)OC. The van der Waals surface area contributed by atoms with Crippen molar-refractivity contribution in [2.45, 2.75) is 44.7 Å². The van der Waals surface area contributed by atoms with Gasteiger partial charge in [0.25, 0.3) is 0 Å². The van der Waals surface area contributed by atoms with Gasteiger partial charge >= 0.3 is 5.97 Å². The van der Waals surface area contributed by atoms with E-state index in [1.807, 2.05) is 0 Å². The number of hydrogen-bond acceptors (Lipinski definition) is 4. The number of ether oxygens (including phenoxy) is 1. The molecule has 0 saturated heterocycles. The molecular formula is C19H23FN2O4. The number of methoxy groups -OCH3 is 1. The van der Waals surface area contributed by atoms with Gasteiger partial charge in [-0.25, -0.2) is 9.18 Å². The lowest BCUT2D eigenvalue weighted by molar-refractivity contribution is -0.145. The van der Waals surface area contributed by atoms with E-state index in [1.165, 1.54) is 32.2 Å². The molecule has 6 nitrogen and oxygen atoms in total. The zero-order valence-electron chi connectivity index (χ0n) is 14.9. The summed E-state index contributed by atoms with van der Waals surface area (Å²) in [6.45, 7) is 1.27. The van der Waals surface area contributed by atoms with Gasteiger partial charge in [-0.3, -0.25) is 9.59 Å². The Morgan fingerprint density at radius 2 is 2.00 bits per heavy atom. The van der Waals surface area contributed by atoms with Gasteiger partial charge in [0.1, 0.15) is 17.9 Å². The van der Waals surface area contributed by atoms with Gasteiger partial charge in [-0.1, -0.05) is 12.1 Å². The highest BCUT2D eigenvalue weighted by atomic mass is 19.1. The van der Waals surface area contributed by atoms with Gasteiger partial charge in [0.15, 0.2) is 0 Å². The Kier molecular flexibility index (Phi) is 8.85. The maximum absolute atomic E-state index is 13.4. The zero-order chi connectivity index (χ0) is 19.5. The number of hydrogen-bond donors (Lipinski definition) is 2. The van der Waals surface area contributed by atoms with E-state index >= 15 is 0 Å². The normalized spacial score (nSPS) is 12.4. The van der Waals surface area contributed by atoms with Crippen LogP contribution in [0, 0.1) is 18.2 Å². The Hall–Kier alpha value is -2.88. The molecule has 0 heterocycles. The third kappa shape index (κ3) is 7.34. The van der Waals surface area contributed by atoms with Gasteiger partial charge in [0, 0.05) is 19.8 Å². The molecule has 2 atom stereocenters. The molecule has 26 heavy (non-hydrogen) atoms. The van der Waals surface area contributed by atoms with Crippen LogP contribution in [0.15, 0.2) is 24.3 Å². The van der Waals surface area contributed by atoms with E-state index in [2.05, 4.69) is 16.6 Å². The highest BCUT2D eigenvalue weighted by Gasteiger charge is 2.26. The Labute approximate surface area is 152 Å². The van der Waals surface area contributed by atoms with Gasteiger partial charge in [0.2, 0.25) is 11.8 Å². The smallest absolute Gasteiger partial charge is 0.328 e. The van der Waals surface area contributed by atoms with Crippen molar-refractivity contribution >= 4 is 17.8 Å². The van der Waals surface area contributed by atoms with Crippen LogP contribution in [-0.2, 0) is 25.5 Å². The molecule has 7 heteroatoms.